The van der Waals surface area contributed by atoms with Gasteiger partial charge in [0.25, 0.3) is 0 Å². The van der Waals surface area contributed by atoms with Crippen molar-refractivity contribution >= 4 is 6.08 Å². The first-order chi connectivity index (χ1) is 13.1. The number of benzene rings is 2. The molecule has 0 spiro atoms. The fraction of sp³-hybridized carbons (Fsp3) is 0.208. The van der Waals surface area contributed by atoms with Crippen LogP contribution in [0.25, 0.3) is 28.5 Å². The zero-order valence-electron chi connectivity index (χ0n) is 15.5. The number of aliphatic hydroxyl groups is 1. The topological polar surface area (TPSA) is 53.4 Å². The molecule has 0 saturated carbocycles. The van der Waals surface area contributed by atoms with Gasteiger partial charge in [-0.3, -0.25) is 4.98 Å². The van der Waals surface area contributed by atoms with Gasteiger partial charge in [-0.2, -0.15) is 0 Å². The summed E-state index contributed by atoms with van der Waals surface area (Å²) in [4.78, 5) is 4.58. The number of nitrogens with zero attached hydrogens (tertiary/aromatic N) is 1. The smallest absolute Gasteiger partial charge is 0.115 e. The lowest BCUT2D eigenvalue weighted by Gasteiger charge is -2.05. The van der Waals surface area contributed by atoms with Crippen LogP contribution in [0.4, 0.5) is 0 Å². The number of unbranched alkanes of at least 4 members (excludes halogenated alkanes) is 1. The number of aromatic hydroxyl groups is 1. The Hall–Kier alpha value is -2.91. The van der Waals surface area contributed by atoms with Gasteiger partial charge >= 0.3 is 0 Å². The maximum atomic E-state index is 9.39. The summed E-state index contributed by atoms with van der Waals surface area (Å²) >= 11 is 0. The van der Waals surface area contributed by atoms with E-state index in [1.165, 1.54) is 0 Å². The molecule has 3 aromatic rings. The van der Waals surface area contributed by atoms with Crippen LogP contribution in [0.15, 0.2) is 72.9 Å². The van der Waals surface area contributed by atoms with E-state index in [1.807, 2.05) is 37.4 Å². The second-order valence-corrected chi connectivity index (χ2v) is 6.78. The van der Waals surface area contributed by atoms with E-state index in [9.17, 15) is 10.2 Å². The Labute approximate surface area is 160 Å². The lowest BCUT2D eigenvalue weighted by molar-refractivity contribution is 0.182. The van der Waals surface area contributed by atoms with Crippen molar-refractivity contribution in [1.29, 1.82) is 0 Å². The average Bonchev–Trinajstić information content (AvgIpc) is 2.69. The van der Waals surface area contributed by atoms with Gasteiger partial charge in [-0.05, 0) is 55.5 Å². The molecule has 0 amide bonds. The Morgan fingerprint density at radius 3 is 2.19 bits per heavy atom. The summed E-state index contributed by atoms with van der Waals surface area (Å²) in [6, 6.07) is 19.5. The normalized spacial score (nSPS) is 12.4. The summed E-state index contributed by atoms with van der Waals surface area (Å²) in [5, 5.41) is 18.7. The second-order valence-electron chi connectivity index (χ2n) is 6.78. The number of phenols is 1. The van der Waals surface area contributed by atoms with Crippen molar-refractivity contribution < 1.29 is 10.2 Å². The van der Waals surface area contributed by atoms with Crippen LogP contribution in [0, 0.1) is 0 Å². The van der Waals surface area contributed by atoms with Gasteiger partial charge in [-0.1, -0.05) is 54.6 Å². The molecule has 2 N–H and O–H groups in total. The van der Waals surface area contributed by atoms with Crippen LogP contribution in [-0.2, 0) is 0 Å². The van der Waals surface area contributed by atoms with Crippen molar-refractivity contribution in [1.82, 2.24) is 4.98 Å². The predicted molar refractivity (Wildman–Crippen MR) is 111 cm³/mol. The monoisotopic (exact) mass is 359 g/mol. The van der Waals surface area contributed by atoms with E-state index in [-0.39, 0.29) is 11.9 Å². The molecule has 0 saturated heterocycles. The van der Waals surface area contributed by atoms with Gasteiger partial charge in [0.15, 0.2) is 0 Å². The van der Waals surface area contributed by atoms with Gasteiger partial charge < -0.3 is 10.2 Å². The van der Waals surface area contributed by atoms with Crippen LogP contribution in [-0.4, -0.2) is 21.3 Å². The Morgan fingerprint density at radius 1 is 0.889 bits per heavy atom. The fourth-order valence-electron chi connectivity index (χ4n) is 2.90. The Bertz CT molecular complexity index is 864. The minimum atomic E-state index is -0.217. The highest BCUT2D eigenvalue weighted by Gasteiger charge is 2.02. The molecular formula is C24H25NO2. The molecule has 0 bridgehead atoms. The maximum absolute atomic E-state index is 9.39. The van der Waals surface area contributed by atoms with E-state index >= 15 is 0 Å². The SMILES string of the molecule is CC(O)CCC/C=C/c1ccc(-c2ccc(-c3ccc(O)cc3)cn2)cc1. The van der Waals surface area contributed by atoms with Crippen molar-refractivity contribution in [3.8, 4) is 28.1 Å². The molecule has 3 nitrogen and oxygen atoms in total. The summed E-state index contributed by atoms with van der Waals surface area (Å²) in [6.07, 6.45) is 8.74. The van der Waals surface area contributed by atoms with Crippen molar-refractivity contribution in [2.75, 3.05) is 0 Å². The average molecular weight is 359 g/mol. The molecule has 1 unspecified atom stereocenters. The summed E-state index contributed by atoms with van der Waals surface area (Å²) in [5.74, 6) is 0.264. The number of allylic oxidation sites excluding steroid dienone is 1. The third-order valence-electron chi connectivity index (χ3n) is 4.47. The fourth-order valence-corrected chi connectivity index (χ4v) is 2.90. The number of hydrogen-bond acceptors (Lipinski definition) is 3. The van der Waals surface area contributed by atoms with Crippen LogP contribution >= 0.6 is 0 Å². The minimum absolute atomic E-state index is 0.217. The highest BCUT2D eigenvalue weighted by molar-refractivity contribution is 5.68. The van der Waals surface area contributed by atoms with Crippen LogP contribution < -0.4 is 0 Å². The van der Waals surface area contributed by atoms with E-state index in [1.54, 1.807) is 12.1 Å². The zero-order valence-corrected chi connectivity index (χ0v) is 15.5. The van der Waals surface area contributed by atoms with E-state index in [2.05, 4.69) is 41.4 Å². The Morgan fingerprint density at radius 2 is 1.56 bits per heavy atom. The Kier molecular flexibility index (Phi) is 6.39. The van der Waals surface area contributed by atoms with Crippen LogP contribution in [0.3, 0.4) is 0 Å². The lowest BCUT2D eigenvalue weighted by Crippen LogP contribution is -1.97. The number of hydrogen-bond donors (Lipinski definition) is 2. The van der Waals surface area contributed by atoms with Crippen molar-refractivity contribution in [3.05, 3.63) is 78.5 Å². The molecule has 0 aliphatic carbocycles. The molecule has 0 radical (unpaired) electrons. The highest BCUT2D eigenvalue weighted by Crippen LogP contribution is 2.24. The maximum Gasteiger partial charge on any atom is 0.115 e. The van der Waals surface area contributed by atoms with E-state index in [0.717, 1.165) is 47.2 Å². The number of pyridine rings is 1. The molecule has 3 heteroatoms. The molecule has 27 heavy (non-hydrogen) atoms. The van der Waals surface area contributed by atoms with Gasteiger partial charge in [0.1, 0.15) is 5.75 Å². The molecule has 1 atom stereocenters. The second kappa shape index (κ2) is 9.15. The molecule has 138 valence electrons. The first-order valence-corrected chi connectivity index (χ1v) is 9.32. The van der Waals surface area contributed by atoms with Crippen LogP contribution in [0.5, 0.6) is 5.75 Å². The third kappa shape index (κ3) is 5.53. The van der Waals surface area contributed by atoms with E-state index in [4.69, 9.17) is 0 Å². The molecule has 1 heterocycles. The molecule has 0 aliphatic rings. The van der Waals surface area contributed by atoms with E-state index in [0.29, 0.717) is 0 Å². The molecule has 3 rings (SSSR count). The molecular weight excluding hydrogens is 334 g/mol. The van der Waals surface area contributed by atoms with Gasteiger partial charge in [-0.15, -0.1) is 0 Å². The zero-order chi connectivity index (χ0) is 19.1. The number of rotatable bonds is 7. The summed E-state index contributed by atoms with van der Waals surface area (Å²) in [5.41, 5.74) is 5.23. The van der Waals surface area contributed by atoms with Crippen LogP contribution in [0.1, 0.15) is 31.7 Å². The highest BCUT2D eigenvalue weighted by atomic mass is 16.3. The standard InChI is InChI=1S/C24H25NO2/c1-18(26)5-3-2-4-6-19-7-9-21(10-8-19)24-16-13-22(17-25-24)20-11-14-23(27)15-12-20/h4,6-18,26-27H,2-3,5H2,1H3/b6-4+. The van der Waals surface area contributed by atoms with E-state index < -0.39 is 0 Å². The van der Waals surface area contributed by atoms with Gasteiger partial charge in [0.2, 0.25) is 0 Å². The largest absolute Gasteiger partial charge is 0.508 e. The van der Waals surface area contributed by atoms with Crippen LogP contribution in [0.2, 0.25) is 0 Å². The third-order valence-corrected chi connectivity index (χ3v) is 4.47. The van der Waals surface area contributed by atoms with Gasteiger partial charge in [0.05, 0.1) is 11.8 Å². The Balaban J connectivity index is 1.63. The molecule has 0 fully saturated rings. The summed E-state index contributed by atoms with van der Waals surface area (Å²) in [7, 11) is 0. The number of aliphatic hydroxyl groups excluding tert-OH is 1. The number of phenolic OH excluding ortho intramolecular Hbond substituents is 1. The lowest BCUT2D eigenvalue weighted by atomic mass is 10.0. The quantitative estimate of drug-likeness (QED) is 0.533. The van der Waals surface area contributed by atoms with Crippen molar-refractivity contribution in [3.63, 3.8) is 0 Å². The van der Waals surface area contributed by atoms with Crippen molar-refractivity contribution in [2.45, 2.75) is 32.3 Å². The predicted octanol–water partition coefficient (Wildman–Crippen LogP) is 5.69. The van der Waals surface area contributed by atoms with Gasteiger partial charge in [0, 0.05) is 17.3 Å². The first-order valence-electron chi connectivity index (χ1n) is 9.32. The molecule has 0 aliphatic heterocycles. The minimum Gasteiger partial charge on any atom is -0.508 e. The first kappa shape index (κ1) is 18.9. The molecule has 1 aromatic heterocycles. The molecule has 2 aromatic carbocycles. The summed E-state index contributed by atoms with van der Waals surface area (Å²) < 4.78 is 0. The van der Waals surface area contributed by atoms with Gasteiger partial charge in [-0.25, -0.2) is 0 Å². The summed E-state index contributed by atoms with van der Waals surface area (Å²) in [6.45, 7) is 1.83. The van der Waals surface area contributed by atoms with Crippen molar-refractivity contribution in [2.24, 2.45) is 0 Å². The number of aromatic nitrogens is 1.